The first-order chi connectivity index (χ1) is 5.75. The van der Waals surface area contributed by atoms with E-state index in [2.05, 4.69) is 12.6 Å². The van der Waals surface area contributed by atoms with Crippen molar-refractivity contribution >= 4 is 36.0 Å². The molecule has 1 heterocycles. The average Bonchev–Trinajstić information content (AvgIpc) is 2.48. The molecular weight excluding hydrogens is 192 g/mol. The molecular formula is C8H8O2S2. The zero-order chi connectivity index (χ0) is 8.97. The molecule has 0 radical (unpaired) electrons. The van der Waals surface area contributed by atoms with Gasteiger partial charge in [-0.1, -0.05) is 6.08 Å². The molecule has 1 N–H and O–H groups in total. The van der Waals surface area contributed by atoms with Gasteiger partial charge in [0, 0.05) is 10.6 Å². The molecule has 0 aliphatic carbocycles. The highest BCUT2D eigenvalue weighted by molar-refractivity contribution is 7.80. The van der Waals surface area contributed by atoms with Crippen LogP contribution in [0.25, 0.3) is 6.08 Å². The van der Waals surface area contributed by atoms with Gasteiger partial charge in [0.05, 0.1) is 5.56 Å². The van der Waals surface area contributed by atoms with Crippen molar-refractivity contribution in [3.8, 4) is 0 Å². The Morgan fingerprint density at radius 2 is 2.50 bits per heavy atom. The SMILES string of the molecule is O=C(O)c1ccsc1C=CCS. The third-order valence-corrected chi connectivity index (χ3v) is 2.39. The maximum absolute atomic E-state index is 10.6. The standard InChI is InChI=1S/C8H8O2S2/c9-8(10)6-3-5-12-7(6)2-1-4-11/h1-3,5,11H,4H2,(H,9,10). The number of carboxylic acids is 1. The van der Waals surface area contributed by atoms with Crippen LogP contribution in [0.3, 0.4) is 0 Å². The van der Waals surface area contributed by atoms with Crippen LogP contribution in [-0.4, -0.2) is 16.8 Å². The number of thiophene rings is 1. The fourth-order valence-electron chi connectivity index (χ4n) is 0.786. The number of aromatic carboxylic acids is 1. The number of hydrogen-bond donors (Lipinski definition) is 2. The predicted molar refractivity (Wildman–Crippen MR) is 54.2 cm³/mol. The lowest BCUT2D eigenvalue weighted by Crippen LogP contribution is -1.94. The van der Waals surface area contributed by atoms with Crippen molar-refractivity contribution in [3.63, 3.8) is 0 Å². The van der Waals surface area contributed by atoms with E-state index in [1.165, 1.54) is 11.3 Å². The highest BCUT2D eigenvalue weighted by Crippen LogP contribution is 2.18. The van der Waals surface area contributed by atoms with Crippen LogP contribution < -0.4 is 0 Å². The summed E-state index contributed by atoms with van der Waals surface area (Å²) < 4.78 is 0. The van der Waals surface area contributed by atoms with Crippen molar-refractivity contribution < 1.29 is 9.90 Å². The monoisotopic (exact) mass is 200 g/mol. The summed E-state index contributed by atoms with van der Waals surface area (Å²) in [6.07, 6.45) is 3.60. The minimum absolute atomic E-state index is 0.359. The molecule has 2 nitrogen and oxygen atoms in total. The van der Waals surface area contributed by atoms with Crippen molar-refractivity contribution in [2.24, 2.45) is 0 Å². The van der Waals surface area contributed by atoms with Crippen LogP contribution in [0.4, 0.5) is 0 Å². The largest absolute Gasteiger partial charge is 0.478 e. The number of hydrogen-bond acceptors (Lipinski definition) is 3. The van der Waals surface area contributed by atoms with E-state index in [-0.39, 0.29) is 0 Å². The van der Waals surface area contributed by atoms with Gasteiger partial charge in [0.1, 0.15) is 0 Å². The zero-order valence-corrected chi connectivity index (χ0v) is 7.94. The third kappa shape index (κ3) is 2.12. The van der Waals surface area contributed by atoms with Crippen LogP contribution in [0, 0.1) is 0 Å². The molecule has 0 bridgehead atoms. The van der Waals surface area contributed by atoms with Crippen LogP contribution in [0.15, 0.2) is 17.5 Å². The highest BCUT2D eigenvalue weighted by Gasteiger charge is 2.07. The van der Waals surface area contributed by atoms with E-state index in [0.717, 1.165) is 4.88 Å². The van der Waals surface area contributed by atoms with Gasteiger partial charge >= 0.3 is 5.97 Å². The number of carbonyl (C=O) groups is 1. The van der Waals surface area contributed by atoms with Crippen LogP contribution in [0.5, 0.6) is 0 Å². The number of carboxylic acid groups (broad SMARTS) is 1. The molecule has 0 fully saturated rings. The molecule has 1 aromatic rings. The summed E-state index contributed by atoms with van der Waals surface area (Å²) in [7, 11) is 0. The second-order valence-electron chi connectivity index (χ2n) is 2.09. The lowest BCUT2D eigenvalue weighted by molar-refractivity contribution is 0.0697. The second-order valence-corrected chi connectivity index (χ2v) is 3.40. The Balaban J connectivity index is 2.91. The predicted octanol–water partition coefficient (Wildman–Crippen LogP) is 2.39. The molecule has 1 aromatic heterocycles. The molecule has 0 saturated heterocycles. The average molecular weight is 200 g/mol. The van der Waals surface area contributed by atoms with Gasteiger partial charge in [-0.25, -0.2) is 4.79 Å². The molecule has 64 valence electrons. The summed E-state index contributed by atoms with van der Waals surface area (Å²) >= 11 is 5.40. The Morgan fingerprint density at radius 1 is 1.75 bits per heavy atom. The molecule has 1 rings (SSSR count). The lowest BCUT2D eigenvalue weighted by atomic mass is 10.2. The van der Waals surface area contributed by atoms with Gasteiger partial charge in [-0.15, -0.1) is 11.3 Å². The Hall–Kier alpha value is -0.740. The molecule has 0 spiro atoms. The van der Waals surface area contributed by atoms with E-state index in [1.54, 1.807) is 17.5 Å². The van der Waals surface area contributed by atoms with Crippen molar-refractivity contribution in [2.45, 2.75) is 0 Å². The van der Waals surface area contributed by atoms with Gasteiger partial charge in [-0.2, -0.15) is 12.6 Å². The molecule has 0 aliphatic heterocycles. The molecule has 0 unspecified atom stereocenters. The van der Waals surface area contributed by atoms with Gasteiger partial charge in [0.25, 0.3) is 0 Å². The topological polar surface area (TPSA) is 37.3 Å². The summed E-state index contributed by atoms with van der Waals surface area (Å²) in [6.45, 7) is 0. The lowest BCUT2D eigenvalue weighted by Gasteiger charge is -1.90. The van der Waals surface area contributed by atoms with Crippen molar-refractivity contribution in [2.75, 3.05) is 5.75 Å². The van der Waals surface area contributed by atoms with Gasteiger partial charge in [0.15, 0.2) is 0 Å². The van der Waals surface area contributed by atoms with Crippen molar-refractivity contribution in [1.82, 2.24) is 0 Å². The Kier molecular flexibility index (Phi) is 3.37. The van der Waals surface area contributed by atoms with Gasteiger partial charge < -0.3 is 5.11 Å². The Morgan fingerprint density at radius 3 is 3.08 bits per heavy atom. The number of rotatable bonds is 3. The van der Waals surface area contributed by atoms with E-state index in [4.69, 9.17) is 5.11 Å². The zero-order valence-electron chi connectivity index (χ0n) is 6.23. The Labute approximate surface area is 80.0 Å². The van der Waals surface area contributed by atoms with E-state index < -0.39 is 5.97 Å². The van der Waals surface area contributed by atoms with E-state index in [9.17, 15) is 4.79 Å². The van der Waals surface area contributed by atoms with E-state index in [0.29, 0.717) is 11.3 Å². The van der Waals surface area contributed by atoms with Crippen molar-refractivity contribution in [1.29, 1.82) is 0 Å². The molecule has 0 saturated carbocycles. The van der Waals surface area contributed by atoms with Crippen LogP contribution in [0.1, 0.15) is 15.2 Å². The maximum atomic E-state index is 10.6. The van der Waals surface area contributed by atoms with Gasteiger partial charge in [-0.05, 0) is 17.5 Å². The fourth-order valence-corrected chi connectivity index (χ4v) is 1.70. The summed E-state index contributed by atoms with van der Waals surface area (Å²) in [5.74, 6) is -0.258. The molecule has 0 aromatic carbocycles. The minimum atomic E-state index is -0.880. The van der Waals surface area contributed by atoms with Gasteiger partial charge in [0.2, 0.25) is 0 Å². The van der Waals surface area contributed by atoms with E-state index >= 15 is 0 Å². The van der Waals surface area contributed by atoms with Crippen LogP contribution >= 0.6 is 24.0 Å². The molecule has 4 heteroatoms. The quantitative estimate of drug-likeness (QED) is 0.735. The first-order valence-corrected chi connectivity index (χ1v) is 4.85. The molecule has 0 aliphatic rings. The minimum Gasteiger partial charge on any atom is -0.478 e. The maximum Gasteiger partial charge on any atom is 0.337 e. The smallest absolute Gasteiger partial charge is 0.337 e. The van der Waals surface area contributed by atoms with E-state index in [1.807, 2.05) is 6.08 Å². The second kappa shape index (κ2) is 4.33. The molecule has 0 atom stereocenters. The highest BCUT2D eigenvalue weighted by atomic mass is 32.1. The summed E-state index contributed by atoms with van der Waals surface area (Å²) in [5, 5.41) is 10.5. The molecule has 0 amide bonds. The first-order valence-electron chi connectivity index (χ1n) is 3.34. The van der Waals surface area contributed by atoms with Crippen LogP contribution in [0.2, 0.25) is 0 Å². The van der Waals surface area contributed by atoms with Gasteiger partial charge in [-0.3, -0.25) is 0 Å². The van der Waals surface area contributed by atoms with Crippen molar-refractivity contribution in [3.05, 3.63) is 28.0 Å². The Bertz CT molecular complexity index is 302. The fraction of sp³-hybridized carbons (Fsp3) is 0.125. The third-order valence-electron chi connectivity index (χ3n) is 1.30. The summed E-state index contributed by atoms with van der Waals surface area (Å²) in [5.41, 5.74) is 0.359. The summed E-state index contributed by atoms with van der Waals surface area (Å²) in [4.78, 5) is 11.4. The molecule has 12 heavy (non-hydrogen) atoms. The number of thiol groups is 1. The van der Waals surface area contributed by atoms with Crippen LogP contribution in [-0.2, 0) is 0 Å². The first kappa shape index (κ1) is 9.35. The normalized spacial score (nSPS) is 10.8. The summed E-state index contributed by atoms with van der Waals surface area (Å²) in [6, 6.07) is 1.60.